The molecule has 1 N–H and O–H groups in total. The molecule has 1 saturated heterocycles. The van der Waals surface area contributed by atoms with Gasteiger partial charge in [0, 0.05) is 26.0 Å². The highest BCUT2D eigenvalue weighted by atomic mass is 32.2. The second-order valence-electron chi connectivity index (χ2n) is 3.82. The van der Waals surface area contributed by atoms with Gasteiger partial charge in [-0.3, -0.25) is 0 Å². The third-order valence-corrected chi connectivity index (χ3v) is 3.24. The summed E-state index contributed by atoms with van der Waals surface area (Å²) in [6.07, 6.45) is 5.00. The Hall–Kier alpha value is -0.130. The van der Waals surface area contributed by atoms with Gasteiger partial charge in [0.15, 0.2) is 0 Å². The van der Waals surface area contributed by atoms with Crippen molar-refractivity contribution in [2.45, 2.75) is 25.4 Å². The number of nitrogens with one attached hydrogen (secondary N) is 1. The van der Waals surface area contributed by atoms with Crippen LogP contribution >= 0.6 is 0 Å². The van der Waals surface area contributed by atoms with E-state index in [2.05, 4.69) is 5.32 Å². The topological polar surface area (TPSA) is 55.4 Å². The van der Waals surface area contributed by atoms with E-state index >= 15 is 0 Å². The second kappa shape index (κ2) is 5.68. The van der Waals surface area contributed by atoms with Crippen LogP contribution in [0.5, 0.6) is 0 Å². The van der Waals surface area contributed by atoms with Crippen LogP contribution in [0.4, 0.5) is 0 Å². The molecule has 0 amide bonds. The van der Waals surface area contributed by atoms with Crippen molar-refractivity contribution < 1.29 is 13.2 Å². The number of sulfone groups is 1. The van der Waals surface area contributed by atoms with Crippen LogP contribution in [0.25, 0.3) is 0 Å². The zero-order valence-corrected chi connectivity index (χ0v) is 9.48. The molecule has 84 valence electrons. The Morgan fingerprint density at radius 1 is 1.43 bits per heavy atom. The molecule has 0 spiro atoms. The Bertz CT molecular complexity index is 245. The van der Waals surface area contributed by atoms with Gasteiger partial charge in [0.05, 0.1) is 11.9 Å². The third-order valence-electron chi connectivity index (χ3n) is 2.30. The predicted molar refractivity (Wildman–Crippen MR) is 56.2 cm³/mol. The van der Waals surface area contributed by atoms with E-state index in [1.807, 2.05) is 0 Å². The van der Waals surface area contributed by atoms with Crippen molar-refractivity contribution in [1.29, 1.82) is 0 Å². The third kappa shape index (κ3) is 5.57. The van der Waals surface area contributed by atoms with Crippen molar-refractivity contribution in [3.8, 4) is 0 Å². The van der Waals surface area contributed by atoms with E-state index in [-0.39, 0.29) is 11.9 Å². The summed E-state index contributed by atoms with van der Waals surface area (Å²) in [4.78, 5) is 0. The van der Waals surface area contributed by atoms with Crippen molar-refractivity contribution in [2.24, 2.45) is 0 Å². The highest BCUT2D eigenvalue weighted by molar-refractivity contribution is 7.90. The van der Waals surface area contributed by atoms with Crippen LogP contribution < -0.4 is 5.32 Å². The molecular formula is C9H19NO3S. The van der Waals surface area contributed by atoms with E-state index in [1.54, 1.807) is 0 Å². The summed E-state index contributed by atoms with van der Waals surface area (Å²) in [5, 5.41) is 3.11. The minimum Gasteiger partial charge on any atom is -0.377 e. The van der Waals surface area contributed by atoms with Gasteiger partial charge in [-0.05, 0) is 19.3 Å². The molecule has 1 unspecified atom stereocenters. The molecule has 1 rings (SSSR count). The van der Waals surface area contributed by atoms with Crippen LogP contribution in [0.1, 0.15) is 19.3 Å². The average Bonchev–Trinajstić information content (AvgIpc) is 2.13. The molecule has 1 fully saturated rings. The van der Waals surface area contributed by atoms with Crippen LogP contribution in [-0.2, 0) is 14.6 Å². The first-order valence-corrected chi connectivity index (χ1v) is 7.14. The van der Waals surface area contributed by atoms with Gasteiger partial charge >= 0.3 is 0 Å². The molecule has 1 heterocycles. The fourth-order valence-corrected chi connectivity index (χ4v) is 2.00. The molecule has 0 bridgehead atoms. The molecule has 5 heteroatoms. The summed E-state index contributed by atoms with van der Waals surface area (Å²) in [5.41, 5.74) is 0. The van der Waals surface area contributed by atoms with Gasteiger partial charge in [-0.2, -0.15) is 0 Å². The maximum Gasteiger partial charge on any atom is 0.148 e. The molecule has 1 aliphatic rings. The molecule has 1 aliphatic heterocycles. The van der Waals surface area contributed by atoms with E-state index < -0.39 is 9.84 Å². The van der Waals surface area contributed by atoms with Crippen molar-refractivity contribution in [3.05, 3.63) is 0 Å². The molecule has 4 nitrogen and oxygen atoms in total. The van der Waals surface area contributed by atoms with E-state index in [0.29, 0.717) is 6.54 Å². The van der Waals surface area contributed by atoms with Crippen LogP contribution in [0.2, 0.25) is 0 Å². The minimum absolute atomic E-state index is 0.208. The molecule has 0 aromatic rings. The van der Waals surface area contributed by atoms with Crippen LogP contribution in [0.15, 0.2) is 0 Å². The van der Waals surface area contributed by atoms with Gasteiger partial charge in [0.2, 0.25) is 0 Å². The molecule has 1 atom stereocenters. The van der Waals surface area contributed by atoms with Gasteiger partial charge in [0.1, 0.15) is 9.84 Å². The van der Waals surface area contributed by atoms with Gasteiger partial charge in [-0.1, -0.05) is 0 Å². The number of rotatable bonds is 5. The van der Waals surface area contributed by atoms with E-state index in [4.69, 9.17) is 4.74 Å². The van der Waals surface area contributed by atoms with Gasteiger partial charge in [-0.15, -0.1) is 0 Å². The summed E-state index contributed by atoms with van der Waals surface area (Å²) in [7, 11) is -2.83. The molecule has 14 heavy (non-hydrogen) atoms. The van der Waals surface area contributed by atoms with Crippen LogP contribution in [0, 0.1) is 0 Å². The zero-order chi connectivity index (χ0) is 10.4. The van der Waals surface area contributed by atoms with Gasteiger partial charge in [0.25, 0.3) is 0 Å². The fourth-order valence-electron chi connectivity index (χ4n) is 1.49. The van der Waals surface area contributed by atoms with Crippen molar-refractivity contribution >= 4 is 9.84 Å². The van der Waals surface area contributed by atoms with Crippen LogP contribution in [0.3, 0.4) is 0 Å². The van der Waals surface area contributed by atoms with Crippen molar-refractivity contribution in [2.75, 3.05) is 31.7 Å². The molecule has 0 radical (unpaired) electrons. The molecular weight excluding hydrogens is 202 g/mol. The summed E-state index contributed by atoms with van der Waals surface area (Å²) in [5.74, 6) is 0.208. The highest BCUT2D eigenvalue weighted by Crippen LogP contribution is 2.11. The minimum atomic E-state index is -2.83. The van der Waals surface area contributed by atoms with E-state index in [1.165, 1.54) is 12.7 Å². The lowest BCUT2D eigenvalue weighted by atomic mass is 10.1. The van der Waals surface area contributed by atoms with Gasteiger partial charge in [-0.25, -0.2) is 8.42 Å². The first-order valence-electron chi connectivity index (χ1n) is 5.08. The smallest absolute Gasteiger partial charge is 0.148 e. The zero-order valence-electron chi connectivity index (χ0n) is 8.66. The Morgan fingerprint density at radius 3 is 2.79 bits per heavy atom. The normalized spacial score (nSPS) is 23.6. The lowest BCUT2D eigenvalue weighted by Gasteiger charge is -2.22. The fraction of sp³-hybridized carbons (Fsp3) is 1.00. The molecule has 0 aliphatic carbocycles. The van der Waals surface area contributed by atoms with Gasteiger partial charge < -0.3 is 10.1 Å². The molecule has 0 aromatic heterocycles. The number of hydrogen-bond acceptors (Lipinski definition) is 4. The Kier molecular flexibility index (Phi) is 4.84. The Balaban J connectivity index is 2.03. The largest absolute Gasteiger partial charge is 0.377 e. The predicted octanol–water partition coefficient (Wildman–Crippen LogP) is 0.190. The lowest BCUT2D eigenvalue weighted by molar-refractivity contribution is 0.0173. The molecule has 0 aromatic carbocycles. The maximum atomic E-state index is 10.8. The van der Waals surface area contributed by atoms with Crippen molar-refractivity contribution in [1.82, 2.24) is 5.32 Å². The Labute approximate surface area is 85.9 Å². The second-order valence-corrected chi connectivity index (χ2v) is 6.08. The maximum absolute atomic E-state index is 10.8. The SMILES string of the molecule is CS(=O)(=O)CCNCC1CCCCO1. The molecule has 0 saturated carbocycles. The van der Waals surface area contributed by atoms with Crippen molar-refractivity contribution in [3.63, 3.8) is 0 Å². The summed E-state index contributed by atoms with van der Waals surface area (Å²) in [6, 6.07) is 0. The Morgan fingerprint density at radius 2 is 2.21 bits per heavy atom. The van der Waals surface area contributed by atoms with Crippen LogP contribution in [-0.4, -0.2) is 46.2 Å². The number of hydrogen-bond donors (Lipinski definition) is 1. The summed E-state index contributed by atoms with van der Waals surface area (Å²) in [6.45, 7) is 2.15. The monoisotopic (exact) mass is 221 g/mol. The van der Waals surface area contributed by atoms with E-state index in [0.717, 1.165) is 26.0 Å². The quantitative estimate of drug-likeness (QED) is 0.673. The highest BCUT2D eigenvalue weighted by Gasteiger charge is 2.13. The van der Waals surface area contributed by atoms with E-state index in [9.17, 15) is 8.42 Å². The lowest BCUT2D eigenvalue weighted by Crippen LogP contribution is -2.34. The standard InChI is InChI=1S/C9H19NO3S/c1-14(11,12)7-5-10-8-9-4-2-3-6-13-9/h9-10H,2-8H2,1H3. The number of ether oxygens (including phenoxy) is 1. The average molecular weight is 221 g/mol. The summed E-state index contributed by atoms with van der Waals surface area (Å²) >= 11 is 0. The summed E-state index contributed by atoms with van der Waals surface area (Å²) < 4.78 is 27.1. The first kappa shape index (κ1) is 11.9. The first-order chi connectivity index (χ1) is 6.58.